The lowest BCUT2D eigenvalue weighted by Gasteiger charge is -2.03. The molecule has 0 saturated carbocycles. The Bertz CT molecular complexity index is 567. The molecule has 1 atom stereocenters. The smallest absolute Gasteiger partial charge is 0.399 e. The largest absolute Gasteiger partial charge is 0.546 e. The average Bonchev–Trinajstić information content (AvgIpc) is 2.30. The van der Waals surface area contributed by atoms with Gasteiger partial charge in [-0.1, -0.05) is 12.1 Å². The summed E-state index contributed by atoms with van der Waals surface area (Å²) in [5.41, 5.74) is 13.9. The van der Waals surface area contributed by atoms with Gasteiger partial charge in [0.05, 0.1) is 0 Å². The highest BCUT2D eigenvalue weighted by Gasteiger charge is 2.22. The van der Waals surface area contributed by atoms with Gasteiger partial charge in [0.15, 0.2) is 0 Å². The zero-order chi connectivity index (χ0) is 12.4. The van der Waals surface area contributed by atoms with Crippen LogP contribution in [0.3, 0.4) is 0 Å². The summed E-state index contributed by atoms with van der Waals surface area (Å²) in [6.07, 6.45) is 0. The van der Waals surface area contributed by atoms with Gasteiger partial charge in [-0.25, -0.2) is 0 Å². The lowest BCUT2D eigenvalue weighted by atomic mass is 10.1. The Kier molecular flexibility index (Phi) is 3.09. The van der Waals surface area contributed by atoms with Crippen LogP contribution in [0.5, 0.6) is 0 Å². The molecule has 0 heterocycles. The summed E-state index contributed by atoms with van der Waals surface area (Å²) in [6.45, 7) is 0. The van der Waals surface area contributed by atoms with Gasteiger partial charge in [0, 0.05) is 23.0 Å². The van der Waals surface area contributed by atoms with Crippen LogP contribution in [0.2, 0.25) is 0 Å². The van der Waals surface area contributed by atoms with Crippen molar-refractivity contribution in [1.82, 2.24) is 0 Å². The maximum Gasteiger partial charge on any atom is 0.546 e. The molecule has 2 aromatic carbocycles. The van der Waals surface area contributed by atoms with Crippen molar-refractivity contribution in [2.45, 2.75) is 0 Å². The van der Waals surface area contributed by atoms with Crippen molar-refractivity contribution in [3.63, 3.8) is 0 Å². The Balaban J connectivity index is 2.58. The lowest BCUT2D eigenvalue weighted by Crippen LogP contribution is -2.03. The summed E-state index contributed by atoms with van der Waals surface area (Å²) >= 11 is 0. The summed E-state index contributed by atoms with van der Waals surface area (Å²) in [5, 5.41) is 0.338. The molecule has 17 heavy (non-hydrogen) atoms. The predicted molar refractivity (Wildman–Crippen MR) is 70.2 cm³/mol. The summed E-state index contributed by atoms with van der Waals surface area (Å²) in [5.74, 6) is 0. The van der Waals surface area contributed by atoms with Crippen molar-refractivity contribution in [2.24, 2.45) is 0 Å². The lowest BCUT2D eigenvalue weighted by molar-refractivity contribution is 0.513. The van der Waals surface area contributed by atoms with Crippen LogP contribution in [-0.4, -0.2) is 4.89 Å². The number of anilines is 2. The fraction of sp³-hybridized carbons (Fsp3) is 0. The van der Waals surface area contributed by atoms with E-state index in [1.165, 1.54) is 6.07 Å². The highest BCUT2D eigenvalue weighted by Crippen LogP contribution is 2.27. The second kappa shape index (κ2) is 4.53. The Hall–Kier alpha value is -1.90. The highest BCUT2D eigenvalue weighted by atomic mass is 31.1. The first-order valence-electron chi connectivity index (χ1n) is 4.99. The average molecular weight is 247 g/mol. The van der Waals surface area contributed by atoms with Gasteiger partial charge in [-0.05, 0) is 34.4 Å². The minimum Gasteiger partial charge on any atom is -0.399 e. The minimum atomic E-state index is -2.43. The molecule has 4 nitrogen and oxygen atoms in total. The first-order chi connectivity index (χ1) is 8.08. The van der Waals surface area contributed by atoms with Crippen molar-refractivity contribution >= 4 is 24.7 Å². The maximum absolute atomic E-state index is 11.3. The number of hydrogen-bond donors (Lipinski definition) is 3. The van der Waals surface area contributed by atoms with Gasteiger partial charge in [-0.2, -0.15) is 4.89 Å². The maximum atomic E-state index is 11.3. The first kappa shape index (κ1) is 11.6. The molecule has 0 aliphatic carbocycles. The summed E-state index contributed by atoms with van der Waals surface area (Å²) < 4.78 is 11.3. The van der Waals surface area contributed by atoms with E-state index < -0.39 is 8.03 Å². The molecule has 0 spiro atoms. The van der Waals surface area contributed by atoms with Gasteiger partial charge in [0.1, 0.15) is 0 Å². The van der Waals surface area contributed by atoms with Crippen molar-refractivity contribution in [1.29, 1.82) is 0 Å². The van der Waals surface area contributed by atoms with E-state index in [0.29, 0.717) is 22.2 Å². The van der Waals surface area contributed by atoms with Crippen LogP contribution < -0.4 is 16.8 Å². The van der Waals surface area contributed by atoms with E-state index in [1.807, 2.05) is 12.1 Å². The Labute approximate surface area is 99.8 Å². The van der Waals surface area contributed by atoms with Gasteiger partial charge in [-0.3, -0.25) is 0 Å². The molecule has 2 rings (SSSR count). The molecule has 0 aliphatic heterocycles. The predicted octanol–water partition coefficient (Wildman–Crippen LogP) is 1.88. The third-order valence-electron chi connectivity index (χ3n) is 2.45. The third kappa shape index (κ3) is 2.44. The van der Waals surface area contributed by atoms with Crippen LogP contribution in [0.4, 0.5) is 11.4 Å². The molecule has 1 unspecified atom stereocenters. The Morgan fingerprint density at radius 3 is 2.12 bits per heavy atom. The van der Waals surface area contributed by atoms with Gasteiger partial charge in [0.2, 0.25) is 5.30 Å². The van der Waals surface area contributed by atoms with Gasteiger partial charge in [-0.15, -0.1) is 0 Å². The number of nitrogens with two attached hydrogens (primary N) is 2. The van der Waals surface area contributed by atoms with Crippen LogP contribution in [0, 0.1) is 0 Å². The molecule has 86 valence electrons. The van der Waals surface area contributed by atoms with Crippen molar-refractivity contribution in [2.75, 3.05) is 11.5 Å². The van der Waals surface area contributed by atoms with Crippen molar-refractivity contribution in [3.8, 4) is 11.1 Å². The monoisotopic (exact) mass is 247 g/mol. The van der Waals surface area contributed by atoms with Crippen LogP contribution in [0.15, 0.2) is 42.5 Å². The van der Waals surface area contributed by atoms with E-state index in [0.717, 1.165) is 5.56 Å². The van der Waals surface area contributed by atoms with E-state index in [1.54, 1.807) is 24.3 Å². The second-order valence-corrected chi connectivity index (χ2v) is 4.70. The molecule has 0 bridgehead atoms. The summed E-state index contributed by atoms with van der Waals surface area (Å²) in [4.78, 5) is 9.27. The molecule has 0 aliphatic rings. The fourth-order valence-corrected chi connectivity index (χ4v) is 2.28. The molecule has 0 aromatic heterocycles. The number of nitrogen functional groups attached to an aromatic ring is 2. The fourth-order valence-electron chi connectivity index (χ4n) is 1.61. The molecular weight excluding hydrogens is 235 g/mol. The minimum absolute atomic E-state index is 0.338. The van der Waals surface area contributed by atoms with Crippen molar-refractivity contribution in [3.05, 3.63) is 42.5 Å². The Morgan fingerprint density at radius 2 is 1.53 bits per heavy atom. The Morgan fingerprint density at radius 1 is 0.941 bits per heavy atom. The van der Waals surface area contributed by atoms with Crippen molar-refractivity contribution < 1.29 is 9.46 Å². The molecule has 0 radical (unpaired) electrons. The van der Waals surface area contributed by atoms with Crippen LogP contribution in [0.25, 0.3) is 11.1 Å². The first-order valence-corrected chi connectivity index (χ1v) is 6.21. The van der Waals surface area contributed by atoms with E-state index >= 15 is 0 Å². The van der Waals surface area contributed by atoms with Crippen LogP contribution in [0.1, 0.15) is 0 Å². The van der Waals surface area contributed by atoms with E-state index in [-0.39, 0.29) is 0 Å². The highest BCUT2D eigenvalue weighted by molar-refractivity contribution is 7.47. The number of hydrogen-bond acceptors (Lipinski definition) is 3. The molecule has 5 heteroatoms. The SMILES string of the molecule is Nc1ccc(-c2ccc(N)cc2[P+](=O)O)cc1. The van der Waals surface area contributed by atoms with Gasteiger partial charge < -0.3 is 11.5 Å². The third-order valence-corrected chi connectivity index (χ3v) is 3.23. The summed E-state index contributed by atoms with van der Waals surface area (Å²) in [6, 6.07) is 12.1. The normalized spacial score (nSPS) is 11.2. The topological polar surface area (TPSA) is 89.3 Å². The van der Waals surface area contributed by atoms with E-state index in [2.05, 4.69) is 0 Å². The number of rotatable bonds is 2. The standard InChI is InChI=1S/C12H11N2O2P/c13-9-3-1-8(2-4-9)11-6-5-10(14)7-12(11)17(15)16/h1-7H,13-14H2/p+1. The zero-order valence-corrected chi connectivity index (χ0v) is 9.89. The zero-order valence-electron chi connectivity index (χ0n) is 9.00. The quantitative estimate of drug-likeness (QED) is 0.558. The van der Waals surface area contributed by atoms with Crippen LogP contribution in [-0.2, 0) is 4.57 Å². The van der Waals surface area contributed by atoms with E-state index in [9.17, 15) is 9.46 Å². The second-order valence-electron chi connectivity index (χ2n) is 3.67. The molecule has 0 saturated heterocycles. The molecule has 0 amide bonds. The molecule has 0 fully saturated rings. The van der Waals surface area contributed by atoms with Gasteiger partial charge in [0.25, 0.3) is 0 Å². The molecular formula is C12H12N2O2P+. The van der Waals surface area contributed by atoms with Gasteiger partial charge >= 0.3 is 8.03 Å². The number of benzene rings is 2. The van der Waals surface area contributed by atoms with E-state index in [4.69, 9.17) is 11.5 Å². The molecule has 5 N–H and O–H groups in total. The molecule has 2 aromatic rings. The van der Waals surface area contributed by atoms with Crippen LogP contribution >= 0.6 is 8.03 Å². The summed E-state index contributed by atoms with van der Waals surface area (Å²) in [7, 11) is -2.43.